The van der Waals surface area contributed by atoms with E-state index in [1.54, 1.807) is 12.1 Å². The van der Waals surface area contributed by atoms with E-state index in [0.29, 0.717) is 24.7 Å². The van der Waals surface area contributed by atoms with Gasteiger partial charge in [-0.3, -0.25) is 0 Å². The molecule has 2 rings (SSSR count). The Balaban J connectivity index is 2.09. The molecular weight excluding hydrogens is 230 g/mol. The van der Waals surface area contributed by atoms with Gasteiger partial charge in [0.15, 0.2) is 0 Å². The maximum Gasteiger partial charge on any atom is 0.407 e. The molecule has 5 heteroatoms. The van der Waals surface area contributed by atoms with E-state index in [4.69, 9.17) is 21.4 Å². The van der Waals surface area contributed by atoms with Gasteiger partial charge in [0.1, 0.15) is 6.10 Å². The smallest absolute Gasteiger partial charge is 0.407 e. The number of hydrogen-bond donors (Lipinski definition) is 1. The number of morpholine rings is 1. The summed E-state index contributed by atoms with van der Waals surface area (Å²) in [7, 11) is 0. The third kappa shape index (κ3) is 2.46. The first-order valence-electron chi connectivity index (χ1n) is 5.02. The predicted molar refractivity (Wildman–Crippen MR) is 59.7 cm³/mol. The molecule has 1 aromatic rings. The molecule has 1 amide bonds. The normalized spacial score (nSPS) is 20.8. The average molecular weight is 242 g/mol. The largest absolute Gasteiger partial charge is 0.465 e. The second-order valence-corrected chi connectivity index (χ2v) is 4.08. The first-order valence-corrected chi connectivity index (χ1v) is 5.39. The summed E-state index contributed by atoms with van der Waals surface area (Å²) < 4.78 is 5.54. The summed E-state index contributed by atoms with van der Waals surface area (Å²) in [6.07, 6.45) is -1.09. The molecule has 1 heterocycles. The summed E-state index contributed by atoms with van der Waals surface area (Å²) in [4.78, 5) is 12.2. The lowest BCUT2D eigenvalue weighted by molar-refractivity contribution is -0.0232. The van der Waals surface area contributed by atoms with Crippen LogP contribution in [0.25, 0.3) is 0 Å². The summed E-state index contributed by atoms with van der Waals surface area (Å²) in [6.45, 7) is 1.23. The molecule has 16 heavy (non-hydrogen) atoms. The molecule has 0 spiro atoms. The molecule has 0 radical (unpaired) electrons. The van der Waals surface area contributed by atoms with Gasteiger partial charge in [0.2, 0.25) is 0 Å². The van der Waals surface area contributed by atoms with Gasteiger partial charge < -0.3 is 14.7 Å². The van der Waals surface area contributed by atoms with E-state index < -0.39 is 6.09 Å². The molecular formula is C11H12ClNO3. The molecule has 86 valence electrons. The fourth-order valence-electron chi connectivity index (χ4n) is 1.70. The molecule has 0 bridgehead atoms. The zero-order valence-electron chi connectivity index (χ0n) is 8.60. The molecule has 0 aromatic heterocycles. The fourth-order valence-corrected chi connectivity index (χ4v) is 1.83. The van der Waals surface area contributed by atoms with Gasteiger partial charge in [0.25, 0.3) is 0 Å². The second-order valence-electron chi connectivity index (χ2n) is 3.64. The fraction of sp³-hybridized carbons (Fsp3) is 0.364. The number of carbonyl (C=O) groups is 1. The van der Waals surface area contributed by atoms with Gasteiger partial charge in [-0.15, -0.1) is 0 Å². The van der Waals surface area contributed by atoms with Gasteiger partial charge in [0.05, 0.1) is 13.2 Å². The summed E-state index contributed by atoms with van der Waals surface area (Å²) in [5, 5.41) is 9.56. The van der Waals surface area contributed by atoms with E-state index in [2.05, 4.69) is 0 Å². The number of rotatable bonds is 1. The van der Waals surface area contributed by atoms with Crippen LogP contribution in [-0.4, -0.2) is 35.8 Å². The lowest BCUT2D eigenvalue weighted by Crippen LogP contribution is -2.41. The molecule has 1 N–H and O–H groups in total. The van der Waals surface area contributed by atoms with Gasteiger partial charge >= 0.3 is 6.09 Å². The van der Waals surface area contributed by atoms with Crippen LogP contribution in [0.3, 0.4) is 0 Å². The number of hydrogen-bond acceptors (Lipinski definition) is 2. The molecule has 0 saturated carbocycles. The minimum Gasteiger partial charge on any atom is -0.465 e. The van der Waals surface area contributed by atoms with Crippen molar-refractivity contribution in [3.05, 3.63) is 34.9 Å². The first-order chi connectivity index (χ1) is 7.66. The highest BCUT2D eigenvalue weighted by atomic mass is 35.5. The zero-order chi connectivity index (χ0) is 11.5. The van der Waals surface area contributed by atoms with E-state index in [1.165, 1.54) is 4.90 Å². The standard InChI is InChI=1S/C11H12ClNO3/c12-9-3-1-8(2-4-9)10-7-13(11(14)15)5-6-16-10/h1-4,10H,5-7H2,(H,14,15)/t10-/m1/s1. The maximum absolute atomic E-state index is 10.8. The third-order valence-electron chi connectivity index (χ3n) is 2.58. The van der Waals surface area contributed by atoms with Crippen molar-refractivity contribution in [3.8, 4) is 0 Å². The highest BCUT2D eigenvalue weighted by Crippen LogP contribution is 2.23. The van der Waals surface area contributed by atoms with Crippen LogP contribution < -0.4 is 0 Å². The quantitative estimate of drug-likeness (QED) is 0.821. The van der Waals surface area contributed by atoms with Crippen molar-refractivity contribution in [2.75, 3.05) is 19.7 Å². The summed E-state index contributed by atoms with van der Waals surface area (Å²) in [6, 6.07) is 7.27. The van der Waals surface area contributed by atoms with Gasteiger partial charge in [-0.25, -0.2) is 4.79 Å². The van der Waals surface area contributed by atoms with Crippen molar-refractivity contribution in [1.29, 1.82) is 0 Å². The van der Waals surface area contributed by atoms with Gasteiger partial charge in [-0.05, 0) is 17.7 Å². The van der Waals surface area contributed by atoms with E-state index in [9.17, 15) is 4.79 Å². The molecule has 0 unspecified atom stereocenters. The molecule has 1 saturated heterocycles. The Bertz CT molecular complexity index is 379. The Morgan fingerprint density at radius 3 is 2.75 bits per heavy atom. The monoisotopic (exact) mass is 241 g/mol. The van der Waals surface area contributed by atoms with Crippen LogP contribution in [0.1, 0.15) is 11.7 Å². The van der Waals surface area contributed by atoms with Crippen molar-refractivity contribution in [2.45, 2.75) is 6.10 Å². The SMILES string of the molecule is O=C(O)N1CCO[C@@H](c2ccc(Cl)cc2)C1. The Labute approximate surface area is 98.4 Å². The molecule has 1 atom stereocenters. The minimum atomic E-state index is -0.901. The van der Waals surface area contributed by atoms with Crippen LogP contribution in [0.5, 0.6) is 0 Å². The van der Waals surface area contributed by atoms with Crippen molar-refractivity contribution in [1.82, 2.24) is 4.90 Å². The number of nitrogens with zero attached hydrogens (tertiary/aromatic N) is 1. The van der Waals surface area contributed by atoms with Crippen molar-refractivity contribution in [3.63, 3.8) is 0 Å². The van der Waals surface area contributed by atoms with Crippen molar-refractivity contribution >= 4 is 17.7 Å². The highest BCUT2D eigenvalue weighted by molar-refractivity contribution is 6.30. The summed E-state index contributed by atoms with van der Waals surface area (Å²) in [5.74, 6) is 0. The Kier molecular flexibility index (Phi) is 3.31. The summed E-state index contributed by atoms with van der Waals surface area (Å²) >= 11 is 5.78. The van der Waals surface area contributed by atoms with E-state index in [0.717, 1.165) is 5.56 Å². The van der Waals surface area contributed by atoms with Crippen LogP contribution in [-0.2, 0) is 4.74 Å². The highest BCUT2D eigenvalue weighted by Gasteiger charge is 2.24. The summed E-state index contributed by atoms with van der Waals surface area (Å²) in [5.41, 5.74) is 0.954. The zero-order valence-corrected chi connectivity index (χ0v) is 9.35. The van der Waals surface area contributed by atoms with E-state index >= 15 is 0 Å². The van der Waals surface area contributed by atoms with Crippen LogP contribution in [0.2, 0.25) is 5.02 Å². The van der Waals surface area contributed by atoms with E-state index in [1.807, 2.05) is 12.1 Å². The maximum atomic E-state index is 10.8. The van der Waals surface area contributed by atoms with Gasteiger partial charge in [0, 0.05) is 11.6 Å². The lowest BCUT2D eigenvalue weighted by Gasteiger charge is -2.31. The Morgan fingerprint density at radius 2 is 2.12 bits per heavy atom. The van der Waals surface area contributed by atoms with Crippen LogP contribution >= 0.6 is 11.6 Å². The van der Waals surface area contributed by atoms with Crippen LogP contribution in [0.4, 0.5) is 4.79 Å². The van der Waals surface area contributed by atoms with E-state index in [-0.39, 0.29) is 6.10 Å². The predicted octanol–water partition coefficient (Wildman–Crippen LogP) is 2.39. The van der Waals surface area contributed by atoms with Crippen LogP contribution in [0.15, 0.2) is 24.3 Å². The lowest BCUT2D eigenvalue weighted by atomic mass is 10.1. The molecule has 1 aromatic carbocycles. The number of halogens is 1. The third-order valence-corrected chi connectivity index (χ3v) is 2.83. The average Bonchev–Trinajstić information content (AvgIpc) is 2.30. The van der Waals surface area contributed by atoms with Gasteiger partial charge in [-0.1, -0.05) is 23.7 Å². The van der Waals surface area contributed by atoms with Gasteiger partial charge in [-0.2, -0.15) is 0 Å². The number of carboxylic acid groups (broad SMARTS) is 1. The number of ether oxygens (including phenoxy) is 1. The molecule has 0 aliphatic carbocycles. The molecule has 1 fully saturated rings. The molecule has 1 aliphatic rings. The number of amides is 1. The molecule has 4 nitrogen and oxygen atoms in total. The van der Waals surface area contributed by atoms with Crippen molar-refractivity contribution in [2.24, 2.45) is 0 Å². The second kappa shape index (κ2) is 4.72. The minimum absolute atomic E-state index is 0.192. The number of benzene rings is 1. The Morgan fingerprint density at radius 1 is 1.44 bits per heavy atom. The molecule has 1 aliphatic heterocycles. The first kappa shape index (κ1) is 11.2. The Hall–Kier alpha value is -1.26. The van der Waals surface area contributed by atoms with Crippen LogP contribution in [0, 0.1) is 0 Å². The topological polar surface area (TPSA) is 49.8 Å². The van der Waals surface area contributed by atoms with Crippen molar-refractivity contribution < 1.29 is 14.6 Å².